The van der Waals surface area contributed by atoms with E-state index in [0.29, 0.717) is 19.0 Å². The lowest BCUT2D eigenvalue weighted by Crippen LogP contribution is -2.42. The van der Waals surface area contributed by atoms with E-state index in [9.17, 15) is 9.59 Å². The van der Waals surface area contributed by atoms with E-state index in [1.807, 2.05) is 42.2 Å². The summed E-state index contributed by atoms with van der Waals surface area (Å²) in [6.45, 7) is 4.62. The zero-order valence-corrected chi connectivity index (χ0v) is 17.2. The van der Waals surface area contributed by atoms with Gasteiger partial charge in [0.25, 0.3) is 0 Å². The molecule has 6 nitrogen and oxygen atoms in total. The molecule has 29 heavy (non-hydrogen) atoms. The summed E-state index contributed by atoms with van der Waals surface area (Å²) >= 11 is 0. The molecule has 1 fully saturated rings. The molecule has 2 aliphatic rings. The second kappa shape index (κ2) is 8.80. The summed E-state index contributed by atoms with van der Waals surface area (Å²) in [5, 5.41) is 4.71. The Balaban J connectivity index is 1.45. The summed E-state index contributed by atoms with van der Waals surface area (Å²) < 4.78 is 3.39. The number of carbonyl (C=O) groups is 1. The molecule has 1 atom stereocenters. The molecule has 4 rings (SSSR count). The van der Waals surface area contributed by atoms with Crippen LogP contribution >= 0.6 is 0 Å². The van der Waals surface area contributed by atoms with Crippen molar-refractivity contribution in [3.05, 3.63) is 64.4 Å². The summed E-state index contributed by atoms with van der Waals surface area (Å²) in [4.78, 5) is 27.7. The number of hydrogen-bond acceptors (Lipinski definition) is 3. The molecule has 0 radical (unpaired) electrons. The molecule has 0 bridgehead atoms. The van der Waals surface area contributed by atoms with E-state index in [1.165, 1.54) is 0 Å². The first-order valence-corrected chi connectivity index (χ1v) is 10.8. The van der Waals surface area contributed by atoms with Crippen LogP contribution in [-0.4, -0.2) is 38.2 Å². The van der Waals surface area contributed by atoms with Crippen LogP contribution in [0.3, 0.4) is 0 Å². The van der Waals surface area contributed by atoms with Gasteiger partial charge in [0.2, 0.25) is 5.91 Å². The van der Waals surface area contributed by atoms with Gasteiger partial charge in [-0.2, -0.15) is 5.10 Å². The summed E-state index contributed by atoms with van der Waals surface area (Å²) in [6, 6.07) is 9.96. The molecule has 1 aromatic heterocycles. The number of hydrogen-bond donors (Lipinski definition) is 0. The number of amides is 1. The van der Waals surface area contributed by atoms with Gasteiger partial charge in [0, 0.05) is 31.5 Å². The van der Waals surface area contributed by atoms with Crippen molar-refractivity contribution in [3.63, 3.8) is 0 Å². The van der Waals surface area contributed by atoms with E-state index in [4.69, 9.17) is 5.10 Å². The first kappa shape index (κ1) is 19.7. The highest BCUT2D eigenvalue weighted by Gasteiger charge is 2.31. The third-order valence-corrected chi connectivity index (χ3v) is 6.23. The van der Waals surface area contributed by atoms with Crippen LogP contribution in [0.25, 0.3) is 0 Å². The zero-order valence-electron chi connectivity index (χ0n) is 17.2. The Morgan fingerprint density at radius 2 is 1.86 bits per heavy atom. The highest BCUT2D eigenvalue weighted by atomic mass is 16.2. The highest BCUT2D eigenvalue weighted by molar-refractivity contribution is 5.79. The topological polar surface area (TPSA) is 60.1 Å². The van der Waals surface area contributed by atoms with Gasteiger partial charge in [-0.3, -0.25) is 9.36 Å². The summed E-state index contributed by atoms with van der Waals surface area (Å²) in [5.41, 5.74) is 1.03. The Hall–Kier alpha value is -2.63. The fraction of sp³-hybridized carbons (Fsp3) is 0.522. The first-order valence-electron chi connectivity index (χ1n) is 10.8. The van der Waals surface area contributed by atoms with Crippen molar-refractivity contribution in [2.24, 2.45) is 5.92 Å². The molecule has 0 N–H and O–H groups in total. The van der Waals surface area contributed by atoms with E-state index in [-0.39, 0.29) is 17.5 Å². The number of likely N-dealkylation sites (tertiary alicyclic amines) is 1. The molecule has 0 saturated carbocycles. The van der Waals surface area contributed by atoms with Gasteiger partial charge in [-0.05, 0) is 44.6 Å². The fourth-order valence-corrected chi connectivity index (χ4v) is 4.55. The smallest absolute Gasteiger partial charge is 0.342 e. The quantitative estimate of drug-likeness (QED) is 0.732. The molecular formula is C23H30N4O2. The minimum absolute atomic E-state index is 0.0427. The Morgan fingerprint density at radius 3 is 2.52 bits per heavy atom. The zero-order chi connectivity index (χ0) is 20.2. The summed E-state index contributed by atoms with van der Waals surface area (Å²) in [5.74, 6) is 1.56. The predicted molar refractivity (Wildman–Crippen MR) is 113 cm³/mol. The molecule has 1 aromatic carbocycles. The van der Waals surface area contributed by atoms with Crippen molar-refractivity contribution in [3.8, 4) is 0 Å². The molecule has 1 aliphatic carbocycles. The molecule has 1 unspecified atom stereocenters. The highest BCUT2D eigenvalue weighted by Crippen LogP contribution is 2.29. The number of benzene rings is 1. The SMILES string of the molecule is CCn1c(C2CCN(C(=O)C3CC=CCC3)CC2)nn(Cc2ccccc2)c1=O. The lowest BCUT2D eigenvalue weighted by Gasteiger charge is -2.34. The standard InChI is InChI=1S/C23H30N4O2/c1-2-26-21(24-27(23(26)29)17-18-9-5-3-6-10-18)19-13-15-25(16-14-19)22(28)20-11-7-4-8-12-20/h3-7,9-10,19-20H,2,8,11-17H2,1H3. The number of carbonyl (C=O) groups excluding carboxylic acids is 1. The van der Waals surface area contributed by atoms with Crippen LogP contribution in [0.4, 0.5) is 0 Å². The maximum Gasteiger partial charge on any atom is 0.346 e. The van der Waals surface area contributed by atoms with Crippen molar-refractivity contribution in [1.82, 2.24) is 19.2 Å². The fourth-order valence-electron chi connectivity index (χ4n) is 4.55. The van der Waals surface area contributed by atoms with E-state index < -0.39 is 0 Å². The van der Waals surface area contributed by atoms with Gasteiger partial charge in [-0.15, -0.1) is 0 Å². The van der Waals surface area contributed by atoms with Crippen LogP contribution in [-0.2, 0) is 17.9 Å². The van der Waals surface area contributed by atoms with E-state index in [2.05, 4.69) is 12.2 Å². The molecular weight excluding hydrogens is 364 g/mol. The Bertz CT molecular complexity index is 920. The van der Waals surface area contributed by atoms with Crippen LogP contribution in [0, 0.1) is 5.92 Å². The molecule has 2 heterocycles. The molecule has 1 saturated heterocycles. The van der Waals surface area contributed by atoms with E-state index >= 15 is 0 Å². The Morgan fingerprint density at radius 1 is 1.10 bits per heavy atom. The number of rotatable bonds is 5. The maximum atomic E-state index is 12.8. The summed E-state index contributed by atoms with van der Waals surface area (Å²) in [6.07, 6.45) is 8.90. The van der Waals surface area contributed by atoms with Crippen LogP contribution in [0.5, 0.6) is 0 Å². The molecule has 0 spiro atoms. The number of nitrogens with zero attached hydrogens (tertiary/aromatic N) is 4. The maximum absolute atomic E-state index is 12.8. The van der Waals surface area contributed by atoms with Crippen molar-refractivity contribution in [1.29, 1.82) is 0 Å². The van der Waals surface area contributed by atoms with Crippen LogP contribution in [0.2, 0.25) is 0 Å². The first-order chi connectivity index (χ1) is 14.2. The van der Waals surface area contributed by atoms with Gasteiger partial charge in [-0.25, -0.2) is 9.48 Å². The van der Waals surface area contributed by atoms with Crippen LogP contribution < -0.4 is 5.69 Å². The monoisotopic (exact) mass is 394 g/mol. The third-order valence-electron chi connectivity index (χ3n) is 6.23. The second-order valence-corrected chi connectivity index (χ2v) is 8.11. The number of piperidine rings is 1. The van der Waals surface area contributed by atoms with Gasteiger partial charge in [-0.1, -0.05) is 42.5 Å². The van der Waals surface area contributed by atoms with Gasteiger partial charge in [0.05, 0.1) is 6.54 Å². The number of aromatic nitrogens is 3. The number of allylic oxidation sites excluding steroid dienone is 2. The minimum atomic E-state index is -0.0427. The predicted octanol–water partition coefficient (Wildman–Crippen LogP) is 3.18. The molecule has 1 aliphatic heterocycles. The summed E-state index contributed by atoms with van der Waals surface area (Å²) in [7, 11) is 0. The van der Waals surface area contributed by atoms with Crippen molar-refractivity contribution < 1.29 is 4.79 Å². The molecule has 2 aromatic rings. The van der Waals surface area contributed by atoms with Gasteiger partial charge >= 0.3 is 5.69 Å². The Labute approximate surface area is 171 Å². The minimum Gasteiger partial charge on any atom is -0.342 e. The van der Waals surface area contributed by atoms with Crippen molar-refractivity contribution in [2.45, 2.75) is 58.0 Å². The van der Waals surface area contributed by atoms with Gasteiger partial charge < -0.3 is 4.90 Å². The average Bonchev–Trinajstić information content (AvgIpc) is 3.10. The molecule has 154 valence electrons. The average molecular weight is 395 g/mol. The lowest BCUT2D eigenvalue weighted by molar-refractivity contribution is -0.136. The van der Waals surface area contributed by atoms with Crippen LogP contribution in [0.15, 0.2) is 47.3 Å². The van der Waals surface area contributed by atoms with Crippen LogP contribution in [0.1, 0.15) is 56.3 Å². The van der Waals surface area contributed by atoms with Crippen molar-refractivity contribution in [2.75, 3.05) is 13.1 Å². The molecule has 1 amide bonds. The van der Waals surface area contributed by atoms with E-state index in [1.54, 1.807) is 9.25 Å². The third kappa shape index (κ3) is 4.21. The Kier molecular flexibility index (Phi) is 5.97. The largest absolute Gasteiger partial charge is 0.346 e. The van der Waals surface area contributed by atoms with E-state index in [0.717, 1.165) is 56.6 Å². The second-order valence-electron chi connectivity index (χ2n) is 8.11. The van der Waals surface area contributed by atoms with Gasteiger partial charge in [0.1, 0.15) is 5.82 Å². The lowest BCUT2D eigenvalue weighted by atomic mass is 9.90. The van der Waals surface area contributed by atoms with Gasteiger partial charge in [0.15, 0.2) is 0 Å². The molecule has 6 heteroatoms. The normalized spacial score (nSPS) is 20.2. The van der Waals surface area contributed by atoms with Crippen molar-refractivity contribution >= 4 is 5.91 Å².